The number of rotatable bonds is 8. The lowest BCUT2D eigenvalue weighted by Gasteiger charge is -2.11. The van der Waals surface area contributed by atoms with Gasteiger partial charge in [0, 0.05) is 28.3 Å². The molecule has 0 spiro atoms. The minimum absolute atomic E-state index is 0.162. The van der Waals surface area contributed by atoms with Gasteiger partial charge in [0.2, 0.25) is 5.91 Å². The number of aryl methyl sites for hydroxylation is 1. The van der Waals surface area contributed by atoms with E-state index >= 15 is 0 Å². The highest BCUT2D eigenvalue weighted by molar-refractivity contribution is 7.99. The standard InChI is InChI=1S/C26H23ClN4O3S2/c1-34-25(33)22-18-11-7-13-20(18)36-24(22)28-21(32)14-15-35-26-30-29-23(17-10-5-6-12-19(17)27)31(26)16-8-3-2-4-9-16/h2-6,8-10,12H,7,11,13-15H2,1H3,(H,28,32). The van der Waals surface area contributed by atoms with Crippen LogP contribution in [0.25, 0.3) is 17.1 Å². The smallest absolute Gasteiger partial charge is 0.341 e. The molecule has 0 atom stereocenters. The third-order valence-corrected chi connectivity index (χ3v) is 8.35. The first-order chi connectivity index (χ1) is 17.6. The molecule has 7 nitrogen and oxygen atoms in total. The van der Waals surface area contributed by atoms with Gasteiger partial charge in [-0.2, -0.15) is 0 Å². The van der Waals surface area contributed by atoms with E-state index in [4.69, 9.17) is 16.3 Å². The number of ether oxygens (including phenoxy) is 1. The van der Waals surface area contributed by atoms with E-state index in [-0.39, 0.29) is 12.3 Å². The van der Waals surface area contributed by atoms with Crippen molar-refractivity contribution >= 4 is 51.6 Å². The van der Waals surface area contributed by atoms with Gasteiger partial charge in [-0.25, -0.2) is 4.79 Å². The average molecular weight is 539 g/mol. The molecular formula is C26H23ClN4O3S2. The quantitative estimate of drug-likeness (QED) is 0.217. The van der Waals surface area contributed by atoms with E-state index in [1.807, 2.05) is 59.2 Å². The molecule has 0 unspecified atom stereocenters. The van der Waals surface area contributed by atoms with Gasteiger partial charge in [0.05, 0.1) is 17.7 Å². The minimum atomic E-state index is -0.401. The van der Waals surface area contributed by atoms with Crippen molar-refractivity contribution in [1.29, 1.82) is 0 Å². The van der Waals surface area contributed by atoms with Crippen LogP contribution in [0.2, 0.25) is 5.02 Å². The number of thioether (sulfide) groups is 1. The van der Waals surface area contributed by atoms with Crippen molar-refractivity contribution in [2.45, 2.75) is 30.8 Å². The molecule has 0 saturated carbocycles. The second-order valence-electron chi connectivity index (χ2n) is 8.16. The van der Waals surface area contributed by atoms with E-state index < -0.39 is 5.97 Å². The predicted molar refractivity (Wildman–Crippen MR) is 143 cm³/mol. The Morgan fingerprint density at radius 2 is 1.89 bits per heavy atom. The molecule has 2 heterocycles. The number of fused-ring (bicyclic) bond motifs is 1. The van der Waals surface area contributed by atoms with Crippen molar-refractivity contribution in [3.63, 3.8) is 0 Å². The maximum absolute atomic E-state index is 12.8. The number of benzene rings is 2. The van der Waals surface area contributed by atoms with Crippen molar-refractivity contribution in [2.24, 2.45) is 0 Å². The number of para-hydroxylation sites is 1. The van der Waals surface area contributed by atoms with Gasteiger partial charge in [-0.15, -0.1) is 21.5 Å². The number of halogens is 1. The number of esters is 1. The topological polar surface area (TPSA) is 86.1 Å². The molecule has 1 amide bonds. The maximum atomic E-state index is 12.8. The molecule has 1 aliphatic carbocycles. The van der Waals surface area contributed by atoms with E-state index in [2.05, 4.69) is 15.5 Å². The Kier molecular flexibility index (Phi) is 7.41. The zero-order chi connectivity index (χ0) is 25.1. The van der Waals surface area contributed by atoms with Crippen LogP contribution in [0.5, 0.6) is 0 Å². The molecule has 0 saturated heterocycles. The monoisotopic (exact) mass is 538 g/mol. The molecule has 0 fully saturated rings. The number of carbonyl (C=O) groups excluding carboxylic acids is 2. The number of amides is 1. The number of carbonyl (C=O) groups is 2. The first-order valence-electron chi connectivity index (χ1n) is 11.5. The van der Waals surface area contributed by atoms with E-state index in [0.29, 0.717) is 32.3 Å². The first-order valence-corrected chi connectivity index (χ1v) is 13.7. The number of nitrogens with one attached hydrogen (secondary N) is 1. The van der Waals surface area contributed by atoms with Gasteiger partial charge in [0.1, 0.15) is 5.00 Å². The van der Waals surface area contributed by atoms with E-state index in [1.165, 1.54) is 30.2 Å². The second-order valence-corrected chi connectivity index (χ2v) is 10.7. The number of hydrogen-bond donors (Lipinski definition) is 1. The Balaban J connectivity index is 1.32. The van der Waals surface area contributed by atoms with Crippen LogP contribution in [0.3, 0.4) is 0 Å². The second kappa shape index (κ2) is 10.9. The van der Waals surface area contributed by atoms with Crippen LogP contribution < -0.4 is 5.32 Å². The fourth-order valence-electron chi connectivity index (χ4n) is 4.22. The Morgan fingerprint density at radius 1 is 1.11 bits per heavy atom. The third-order valence-electron chi connectivity index (χ3n) is 5.89. The summed E-state index contributed by atoms with van der Waals surface area (Å²) in [4.78, 5) is 26.3. The zero-order valence-corrected chi connectivity index (χ0v) is 21.9. The number of methoxy groups -OCH3 is 1. The van der Waals surface area contributed by atoms with Crippen LogP contribution in [0, 0.1) is 0 Å². The Hall–Kier alpha value is -3.14. The summed E-state index contributed by atoms with van der Waals surface area (Å²) in [5.74, 6) is 0.555. The lowest BCUT2D eigenvalue weighted by Crippen LogP contribution is -2.15. The summed E-state index contributed by atoms with van der Waals surface area (Å²) in [6, 6.07) is 17.3. The Bertz CT molecular complexity index is 1420. The highest BCUT2D eigenvalue weighted by Crippen LogP contribution is 2.39. The van der Waals surface area contributed by atoms with Gasteiger partial charge in [0.25, 0.3) is 0 Å². The van der Waals surface area contributed by atoms with Crippen molar-refractivity contribution in [3.05, 3.63) is 75.6 Å². The van der Waals surface area contributed by atoms with Crippen molar-refractivity contribution < 1.29 is 14.3 Å². The van der Waals surface area contributed by atoms with Crippen LogP contribution in [0.1, 0.15) is 33.6 Å². The SMILES string of the molecule is COC(=O)c1c(NC(=O)CCSc2nnc(-c3ccccc3Cl)n2-c2ccccc2)sc2c1CCC2. The van der Waals surface area contributed by atoms with Crippen LogP contribution in [0.15, 0.2) is 59.8 Å². The molecule has 5 rings (SSSR count). The zero-order valence-electron chi connectivity index (χ0n) is 19.5. The van der Waals surface area contributed by atoms with Gasteiger partial charge >= 0.3 is 5.97 Å². The number of hydrogen-bond acceptors (Lipinski definition) is 7. The Labute approximate surface area is 221 Å². The molecule has 4 aromatic rings. The summed E-state index contributed by atoms with van der Waals surface area (Å²) in [6.07, 6.45) is 3.04. The molecule has 1 N–H and O–H groups in total. The minimum Gasteiger partial charge on any atom is -0.465 e. The van der Waals surface area contributed by atoms with Crippen molar-refractivity contribution in [1.82, 2.24) is 14.8 Å². The molecule has 0 aliphatic heterocycles. The molecule has 36 heavy (non-hydrogen) atoms. The van der Waals surface area contributed by atoms with Gasteiger partial charge in [-0.1, -0.05) is 53.7 Å². The molecular weight excluding hydrogens is 516 g/mol. The van der Waals surface area contributed by atoms with E-state index in [1.54, 1.807) is 0 Å². The number of anilines is 1. The summed E-state index contributed by atoms with van der Waals surface area (Å²) in [6.45, 7) is 0. The maximum Gasteiger partial charge on any atom is 0.341 e. The fourth-order valence-corrected chi connectivity index (χ4v) is 6.63. The van der Waals surface area contributed by atoms with Gasteiger partial charge in [0.15, 0.2) is 11.0 Å². The number of thiophene rings is 1. The third kappa shape index (κ3) is 4.91. The molecule has 184 valence electrons. The van der Waals surface area contributed by atoms with Crippen LogP contribution in [0.4, 0.5) is 5.00 Å². The average Bonchev–Trinajstić information content (AvgIpc) is 3.59. The fraction of sp³-hybridized carbons (Fsp3) is 0.231. The predicted octanol–water partition coefficient (Wildman–Crippen LogP) is 6.05. The Morgan fingerprint density at radius 3 is 2.67 bits per heavy atom. The van der Waals surface area contributed by atoms with Crippen molar-refractivity contribution in [2.75, 3.05) is 18.2 Å². The van der Waals surface area contributed by atoms with E-state index in [9.17, 15) is 9.59 Å². The summed E-state index contributed by atoms with van der Waals surface area (Å²) >= 11 is 9.36. The summed E-state index contributed by atoms with van der Waals surface area (Å²) < 4.78 is 6.92. The van der Waals surface area contributed by atoms with Gasteiger partial charge in [-0.05, 0) is 49.1 Å². The lowest BCUT2D eigenvalue weighted by molar-refractivity contribution is -0.115. The van der Waals surface area contributed by atoms with Gasteiger partial charge in [-0.3, -0.25) is 9.36 Å². The summed E-state index contributed by atoms with van der Waals surface area (Å²) in [7, 11) is 1.36. The molecule has 0 bridgehead atoms. The number of aromatic nitrogens is 3. The highest BCUT2D eigenvalue weighted by atomic mass is 35.5. The molecule has 0 radical (unpaired) electrons. The molecule has 2 aromatic heterocycles. The molecule has 10 heteroatoms. The summed E-state index contributed by atoms with van der Waals surface area (Å²) in [5, 5.41) is 13.6. The summed E-state index contributed by atoms with van der Waals surface area (Å²) in [5.41, 5.74) is 3.20. The van der Waals surface area contributed by atoms with Gasteiger partial charge < -0.3 is 10.1 Å². The number of nitrogens with zero attached hydrogens (tertiary/aromatic N) is 3. The van der Waals surface area contributed by atoms with E-state index in [0.717, 1.165) is 41.0 Å². The highest BCUT2D eigenvalue weighted by Gasteiger charge is 2.28. The normalized spacial score (nSPS) is 12.4. The molecule has 1 aliphatic rings. The van der Waals surface area contributed by atoms with Crippen LogP contribution in [-0.2, 0) is 22.4 Å². The van der Waals surface area contributed by atoms with Crippen molar-refractivity contribution in [3.8, 4) is 17.1 Å². The van der Waals surface area contributed by atoms with Crippen LogP contribution in [-0.4, -0.2) is 39.5 Å². The lowest BCUT2D eigenvalue weighted by atomic mass is 10.1. The molecule has 2 aromatic carbocycles. The largest absolute Gasteiger partial charge is 0.465 e. The van der Waals surface area contributed by atoms with Crippen LogP contribution >= 0.6 is 34.7 Å². The first kappa shape index (κ1) is 24.5.